The average Bonchev–Trinajstić information content (AvgIpc) is 2.55. The number of aromatic nitrogens is 1. The Balaban J connectivity index is 2.40. The summed E-state index contributed by atoms with van der Waals surface area (Å²) in [5.74, 6) is -1.82. The highest BCUT2D eigenvalue weighted by molar-refractivity contribution is 7.91. The van der Waals surface area contributed by atoms with Gasteiger partial charge in [0.15, 0.2) is 0 Å². The molecule has 0 aliphatic carbocycles. The highest BCUT2D eigenvalue weighted by Crippen LogP contribution is 2.36. The number of amides is 1. The smallest absolute Gasteiger partial charge is 0.336 e. The van der Waals surface area contributed by atoms with E-state index in [0.29, 0.717) is 0 Å². The van der Waals surface area contributed by atoms with Gasteiger partial charge in [0.05, 0.1) is 21.7 Å². The van der Waals surface area contributed by atoms with Crippen molar-refractivity contribution in [2.45, 2.75) is 16.7 Å². The fourth-order valence-corrected chi connectivity index (χ4v) is 3.99. The molecular weight excluding hydrogens is 308 g/mol. The van der Waals surface area contributed by atoms with Gasteiger partial charge >= 0.3 is 5.97 Å². The third-order valence-electron chi connectivity index (χ3n) is 3.50. The zero-order valence-corrected chi connectivity index (χ0v) is 12.1. The van der Waals surface area contributed by atoms with Gasteiger partial charge in [0.1, 0.15) is 4.90 Å². The number of pyridine rings is 1. The van der Waals surface area contributed by atoms with Gasteiger partial charge in [-0.15, -0.1) is 0 Å². The number of rotatable bonds is 1. The van der Waals surface area contributed by atoms with E-state index in [0.717, 1.165) is 6.20 Å². The first-order chi connectivity index (χ1) is 10.3. The first-order valence-corrected chi connectivity index (χ1v) is 7.69. The molecule has 1 aromatic heterocycles. The summed E-state index contributed by atoms with van der Waals surface area (Å²) in [6, 6.07) is 3.70. The lowest BCUT2D eigenvalue weighted by atomic mass is 10.1. The molecule has 0 bridgehead atoms. The lowest BCUT2D eigenvalue weighted by Gasteiger charge is -2.12. The number of nitrogens with zero attached hydrogens (tertiary/aromatic N) is 1. The van der Waals surface area contributed by atoms with Crippen molar-refractivity contribution in [2.24, 2.45) is 0 Å². The second-order valence-corrected chi connectivity index (χ2v) is 6.63. The van der Waals surface area contributed by atoms with Crippen LogP contribution in [-0.4, -0.2) is 30.4 Å². The summed E-state index contributed by atoms with van der Waals surface area (Å²) in [6.45, 7) is 1.45. The minimum atomic E-state index is -3.97. The Hall–Kier alpha value is -2.74. The van der Waals surface area contributed by atoms with Gasteiger partial charge in [-0.2, -0.15) is 0 Å². The molecule has 7 nitrogen and oxygen atoms in total. The Kier molecular flexibility index (Phi) is 2.99. The zero-order chi connectivity index (χ0) is 16.1. The number of hydrogen-bond acceptors (Lipinski definition) is 5. The number of benzene rings is 1. The number of carboxylic acid groups (broad SMARTS) is 1. The number of carbonyl (C=O) groups excluding carboxylic acids is 1. The highest BCUT2D eigenvalue weighted by Gasteiger charge is 2.33. The average molecular weight is 318 g/mol. The molecule has 3 rings (SSSR count). The van der Waals surface area contributed by atoms with Crippen LogP contribution in [0.3, 0.4) is 0 Å². The summed E-state index contributed by atoms with van der Waals surface area (Å²) < 4.78 is 25.4. The number of fused-ring (bicyclic) bond motifs is 2. The van der Waals surface area contributed by atoms with Crippen molar-refractivity contribution in [2.75, 3.05) is 5.32 Å². The number of sulfone groups is 1. The maximum absolute atomic E-state index is 12.7. The van der Waals surface area contributed by atoms with Crippen LogP contribution < -0.4 is 5.32 Å². The molecule has 1 amide bonds. The molecule has 2 N–H and O–H groups in total. The summed E-state index contributed by atoms with van der Waals surface area (Å²) in [4.78, 5) is 26.8. The maximum Gasteiger partial charge on any atom is 0.336 e. The summed E-state index contributed by atoms with van der Waals surface area (Å²) in [5.41, 5.74) is 0.0737. The number of anilines is 1. The monoisotopic (exact) mass is 318 g/mol. The number of aromatic carboxylic acids is 1. The molecule has 0 atom stereocenters. The molecule has 0 saturated heterocycles. The van der Waals surface area contributed by atoms with Gasteiger partial charge in [-0.3, -0.25) is 9.78 Å². The van der Waals surface area contributed by atoms with Crippen LogP contribution in [0.1, 0.15) is 26.3 Å². The van der Waals surface area contributed by atoms with Crippen molar-refractivity contribution in [3.63, 3.8) is 0 Å². The maximum atomic E-state index is 12.7. The van der Waals surface area contributed by atoms with E-state index in [4.69, 9.17) is 5.11 Å². The highest BCUT2D eigenvalue weighted by atomic mass is 32.2. The van der Waals surface area contributed by atoms with Gasteiger partial charge in [-0.25, -0.2) is 13.2 Å². The predicted octanol–water partition coefficient (Wildman–Crippen LogP) is 1.49. The third-order valence-corrected chi connectivity index (χ3v) is 5.33. The summed E-state index contributed by atoms with van der Waals surface area (Å²) >= 11 is 0. The summed E-state index contributed by atoms with van der Waals surface area (Å²) in [7, 11) is -3.97. The third kappa shape index (κ3) is 1.88. The van der Waals surface area contributed by atoms with Gasteiger partial charge in [0, 0.05) is 12.4 Å². The zero-order valence-electron chi connectivity index (χ0n) is 11.3. The van der Waals surface area contributed by atoms with Crippen LogP contribution in [0.25, 0.3) is 0 Å². The molecule has 0 fully saturated rings. The fourth-order valence-electron chi connectivity index (χ4n) is 2.38. The van der Waals surface area contributed by atoms with Crippen LogP contribution in [0.5, 0.6) is 0 Å². The van der Waals surface area contributed by atoms with Crippen molar-refractivity contribution < 1.29 is 23.1 Å². The van der Waals surface area contributed by atoms with Crippen molar-refractivity contribution in [3.05, 3.63) is 47.3 Å². The molecule has 1 aliphatic rings. The molecule has 22 heavy (non-hydrogen) atoms. The van der Waals surface area contributed by atoms with Crippen molar-refractivity contribution in [3.8, 4) is 0 Å². The molecular formula is C14H10N2O5S. The van der Waals surface area contributed by atoms with Crippen molar-refractivity contribution >= 4 is 27.4 Å². The number of carboxylic acids is 1. The molecule has 2 aromatic rings. The van der Waals surface area contributed by atoms with Gasteiger partial charge in [-0.05, 0) is 30.7 Å². The topological polar surface area (TPSA) is 113 Å². The molecule has 1 aromatic carbocycles. The van der Waals surface area contributed by atoms with E-state index >= 15 is 0 Å². The van der Waals surface area contributed by atoms with E-state index in [1.165, 1.54) is 31.3 Å². The van der Waals surface area contributed by atoms with E-state index in [2.05, 4.69) is 10.3 Å². The first kappa shape index (κ1) is 14.2. The molecule has 2 heterocycles. The van der Waals surface area contributed by atoms with Crippen LogP contribution in [0.15, 0.2) is 40.4 Å². The Morgan fingerprint density at radius 3 is 2.64 bits per heavy atom. The van der Waals surface area contributed by atoms with Gasteiger partial charge in [0.25, 0.3) is 5.91 Å². The molecule has 8 heteroatoms. The second-order valence-electron chi connectivity index (χ2n) is 4.75. The molecule has 0 spiro atoms. The van der Waals surface area contributed by atoms with Crippen molar-refractivity contribution in [1.29, 1.82) is 0 Å². The molecule has 0 radical (unpaired) electrons. The van der Waals surface area contributed by atoms with Crippen LogP contribution in [0.2, 0.25) is 0 Å². The number of nitrogens with one attached hydrogen (secondary N) is 1. The molecule has 0 saturated carbocycles. The fraction of sp³-hybridized carbons (Fsp3) is 0.0714. The van der Waals surface area contributed by atoms with Gasteiger partial charge in [0.2, 0.25) is 9.84 Å². The van der Waals surface area contributed by atoms with E-state index in [9.17, 15) is 18.0 Å². The lowest BCUT2D eigenvalue weighted by Crippen LogP contribution is -2.13. The first-order valence-electron chi connectivity index (χ1n) is 6.21. The van der Waals surface area contributed by atoms with Crippen molar-refractivity contribution in [1.82, 2.24) is 4.98 Å². The Labute approximate surface area is 125 Å². The summed E-state index contributed by atoms with van der Waals surface area (Å²) in [5, 5.41) is 11.6. The molecule has 1 aliphatic heterocycles. The molecule has 112 valence electrons. The number of hydrogen-bond donors (Lipinski definition) is 2. The van der Waals surface area contributed by atoms with Gasteiger partial charge in [-0.1, -0.05) is 0 Å². The quantitative estimate of drug-likeness (QED) is 0.823. The molecule has 0 unspecified atom stereocenters. The SMILES string of the molecule is Cc1c(C(=O)O)ccc2c1NC(=O)c1ccncc1S2(=O)=O. The second kappa shape index (κ2) is 4.63. The van der Waals surface area contributed by atoms with E-state index < -0.39 is 21.7 Å². The van der Waals surface area contributed by atoms with E-state index in [1.807, 2.05) is 0 Å². The van der Waals surface area contributed by atoms with Crippen LogP contribution >= 0.6 is 0 Å². The normalized spacial score (nSPS) is 15.2. The van der Waals surface area contributed by atoms with Crippen LogP contribution in [0.4, 0.5) is 5.69 Å². The Morgan fingerprint density at radius 2 is 1.95 bits per heavy atom. The lowest BCUT2D eigenvalue weighted by molar-refractivity contribution is 0.0695. The standard InChI is InChI=1S/C14H10N2O5S/c1-7-8(14(18)19)2-3-10-12(7)16-13(17)9-4-5-15-6-11(9)22(10,20)21/h2-6H,1H3,(H,16,17)(H,18,19). The minimum absolute atomic E-state index is 0.0129. The largest absolute Gasteiger partial charge is 0.478 e. The van der Waals surface area contributed by atoms with E-state index in [1.54, 1.807) is 0 Å². The van der Waals surface area contributed by atoms with Gasteiger partial charge < -0.3 is 10.4 Å². The Morgan fingerprint density at radius 1 is 1.23 bits per heavy atom. The minimum Gasteiger partial charge on any atom is -0.478 e. The van der Waals surface area contributed by atoms with Crippen LogP contribution in [0, 0.1) is 6.92 Å². The number of carbonyl (C=O) groups is 2. The van der Waals surface area contributed by atoms with Crippen LogP contribution in [-0.2, 0) is 9.84 Å². The Bertz CT molecular complexity index is 934. The predicted molar refractivity (Wildman–Crippen MR) is 75.8 cm³/mol. The summed E-state index contributed by atoms with van der Waals surface area (Å²) in [6.07, 6.45) is 2.43. The van der Waals surface area contributed by atoms with E-state index in [-0.39, 0.29) is 32.2 Å².